The molecule has 0 aliphatic heterocycles. The van der Waals surface area contributed by atoms with Gasteiger partial charge in [0.05, 0.1) is 17.3 Å². The normalized spacial score (nSPS) is 11.3. The number of nitrogens with zero attached hydrogens (tertiary/aromatic N) is 1. The summed E-state index contributed by atoms with van der Waals surface area (Å²) in [5.41, 5.74) is 4.45. The SMILES string of the molecule is Nc1ccc(C(F)(F)F)cc1C(=O)Nc1cnoc1. The molecule has 1 aromatic heterocycles. The Labute approximate surface area is 105 Å². The van der Waals surface area contributed by atoms with Crippen LogP contribution in [-0.4, -0.2) is 11.1 Å². The van der Waals surface area contributed by atoms with E-state index in [1.807, 2.05) is 0 Å². The van der Waals surface area contributed by atoms with Gasteiger partial charge in [-0.05, 0) is 18.2 Å². The number of halogens is 3. The number of rotatable bonds is 2. The number of hydrogen-bond acceptors (Lipinski definition) is 4. The zero-order chi connectivity index (χ0) is 14.0. The number of carbonyl (C=O) groups excluding carboxylic acids is 1. The molecular weight excluding hydrogens is 263 g/mol. The maximum atomic E-state index is 12.5. The van der Waals surface area contributed by atoms with Crippen molar-refractivity contribution in [1.29, 1.82) is 0 Å². The minimum atomic E-state index is -4.54. The van der Waals surface area contributed by atoms with Crippen molar-refractivity contribution in [1.82, 2.24) is 5.16 Å². The fourth-order valence-electron chi connectivity index (χ4n) is 1.39. The Bertz CT molecular complexity index is 594. The van der Waals surface area contributed by atoms with Crippen molar-refractivity contribution in [3.63, 3.8) is 0 Å². The third-order valence-electron chi connectivity index (χ3n) is 2.32. The Morgan fingerprint density at radius 3 is 2.68 bits per heavy atom. The molecule has 100 valence electrons. The molecule has 0 saturated heterocycles. The van der Waals surface area contributed by atoms with Crippen molar-refractivity contribution >= 4 is 17.3 Å². The molecule has 1 amide bonds. The lowest BCUT2D eigenvalue weighted by Gasteiger charge is -2.10. The predicted octanol–water partition coefficient (Wildman–Crippen LogP) is 2.53. The number of amides is 1. The molecule has 19 heavy (non-hydrogen) atoms. The summed E-state index contributed by atoms with van der Waals surface area (Å²) in [4.78, 5) is 11.8. The van der Waals surface area contributed by atoms with E-state index in [-0.39, 0.29) is 16.9 Å². The van der Waals surface area contributed by atoms with Crippen molar-refractivity contribution < 1.29 is 22.5 Å². The van der Waals surface area contributed by atoms with Gasteiger partial charge in [0.15, 0.2) is 0 Å². The first-order valence-corrected chi connectivity index (χ1v) is 5.05. The Morgan fingerprint density at radius 2 is 2.11 bits per heavy atom. The van der Waals surface area contributed by atoms with E-state index in [9.17, 15) is 18.0 Å². The molecule has 0 aliphatic carbocycles. The Kier molecular flexibility index (Phi) is 3.16. The zero-order valence-electron chi connectivity index (χ0n) is 9.36. The molecule has 0 bridgehead atoms. The van der Waals surface area contributed by atoms with Crippen LogP contribution in [0.25, 0.3) is 0 Å². The van der Waals surface area contributed by atoms with Crippen LogP contribution in [0.2, 0.25) is 0 Å². The summed E-state index contributed by atoms with van der Waals surface area (Å²) in [6.45, 7) is 0. The number of alkyl halides is 3. The number of anilines is 2. The van der Waals surface area contributed by atoms with E-state index in [2.05, 4.69) is 15.0 Å². The monoisotopic (exact) mass is 271 g/mol. The minimum Gasteiger partial charge on any atom is -0.398 e. The number of hydrogen-bond donors (Lipinski definition) is 2. The van der Waals surface area contributed by atoms with E-state index in [0.717, 1.165) is 18.4 Å². The van der Waals surface area contributed by atoms with Crippen molar-refractivity contribution in [3.8, 4) is 0 Å². The Morgan fingerprint density at radius 1 is 1.37 bits per heavy atom. The van der Waals surface area contributed by atoms with E-state index in [4.69, 9.17) is 5.73 Å². The van der Waals surface area contributed by atoms with Gasteiger partial charge in [-0.15, -0.1) is 0 Å². The topological polar surface area (TPSA) is 81.2 Å². The molecule has 8 heteroatoms. The summed E-state index contributed by atoms with van der Waals surface area (Å²) in [7, 11) is 0. The highest BCUT2D eigenvalue weighted by atomic mass is 19.4. The van der Waals surface area contributed by atoms with Crippen molar-refractivity contribution in [2.75, 3.05) is 11.1 Å². The smallest absolute Gasteiger partial charge is 0.398 e. The molecule has 2 aromatic rings. The van der Waals surface area contributed by atoms with Gasteiger partial charge in [-0.25, -0.2) is 0 Å². The average molecular weight is 271 g/mol. The van der Waals surface area contributed by atoms with Gasteiger partial charge in [-0.2, -0.15) is 13.2 Å². The van der Waals surface area contributed by atoms with E-state index in [1.165, 1.54) is 6.20 Å². The summed E-state index contributed by atoms with van der Waals surface area (Å²) >= 11 is 0. The molecule has 1 heterocycles. The van der Waals surface area contributed by atoms with Gasteiger partial charge >= 0.3 is 6.18 Å². The number of nitrogens with one attached hydrogen (secondary N) is 1. The van der Waals surface area contributed by atoms with Crippen LogP contribution < -0.4 is 11.1 Å². The lowest BCUT2D eigenvalue weighted by atomic mass is 10.1. The quantitative estimate of drug-likeness (QED) is 0.822. The van der Waals surface area contributed by atoms with Crippen LogP contribution in [-0.2, 0) is 6.18 Å². The minimum absolute atomic E-state index is 0.0537. The van der Waals surface area contributed by atoms with Gasteiger partial charge in [0.1, 0.15) is 12.0 Å². The second kappa shape index (κ2) is 4.63. The first-order valence-electron chi connectivity index (χ1n) is 5.05. The van der Waals surface area contributed by atoms with Gasteiger partial charge in [0, 0.05) is 5.69 Å². The number of nitrogen functional groups attached to an aromatic ring is 1. The standard InChI is InChI=1S/C11H8F3N3O2/c12-11(13,14)6-1-2-9(15)8(3-6)10(18)17-7-4-16-19-5-7/h1-5H,15H2,(H,17,18). The summed E-state index contributed by atoms with van der Waals surface area (Å²) < 4.78 is 42.1. The van der Waals surface area contributed by atoms with Crippen LogP contribution in [0.5, 0.6) is 0 Å². The average Bonchev–Trinajstić information content (AvgIpc) is 2.80. The first-order chi connectivity index (χ1) is 8.88. The highest BCUT2D eigenvalue weighted by molar-refractivity contribution is 6.07. The van der Waals surface area contributed by atoms with Crippen LogP contribution in [0.3, 0.4) is 0 Å². The van der Waals surface area contributed by atoms with Gasteiger partial charge in [-0.1, -0.05) is 5.16 Å². The highest BCUT2D eigenvalue weighted by Crippen LogP contribution is 2.31. The molecule has 1 aromatic carbocycles. The fraction of sp³-hybridized carbons (Fsp3) is 0.0909. The van der Waals surface area contributed by atoms with Crippen molar-refractivity contribution in [3.05, 3.63) is 41.8 Å². The Balaban J connectivity index is 2.31. The first kappa shape index (κ1) is 12.9. The molecule has 0 atom stereocenters. The molecule has 2 rings (SSSR count). The summed E-state index contributed by atoms with van der Waals surface area (Å²) in [5, 5.41) is 5.66. The molecule has 5 nitrogen and oxygen atoms in total. The summed E-state index contributed by atoms with van der Waals surface area (Å²) in [6.07, 6.45) is -2.19. The van der Waals surface area contributed by atoms with Crippen LogP contribution in [0.1, 0.15) is 15.9 Å². The number of aromatic nitrogens is 1. The molecular formula is C11H8F3N3O2. The molecule has 0 unspecified atom stereocenters. The second-order valence-electron chi connectivity index (χ2n) is 3.67. The maximum absolute atomic E-state index is 12.5. The summed E-state index contributed by atoms with van der Waals surface area (Å²) in [5.74, 6) is -0.771. The zero-order valence-corrected chi connectivity index (χ0v) is 9.36. The van der Waals surface area contributed by atoms with Crippen LogP contribution in [0.15, 0.2) is 35.2 Å². The highest BCUT2D eigenvalue weighted by Gasteiger charge is 2.31. The van der Waals surface area contributed by atoms with E-state index < -0.39 is 17.6 Å². The van der Waals surface area contributed by atoms with E-state index >= 15 is 0 Å². The fourth-order valence-corrected chi connectivity index (χ4v) is 1.39. The van der Waals surface area contributed by atoms with Crippen LogP contribution in [0.4, 0.5) is 24.5 Å². The van der Waals surface area contributed by atoms with Gasteiger partial charge in [0.25, 0.3) is 5.91 Å². The number of carbonyl (C=O) groups is 1. The van der Waals surface area contributed by atoms with Crippen molar-refractivity contribution in [2.45, 2.75) is 6.18 Å². The van der Waals surface area contributed by atoms with Crippen LogP contribution in [0, 0.1) is 0 Å². The number of nitrogens with two attached hydrogens (primary N) is 1. The summed E-state index contributed by atoms with van der Waals surface area (Å²) in [6, 6.07) is 2.54. The predicted molar refractivity (Wildman–Crippen MR) is 60.3 cm³/mol. The third-order valence-corrected chi connectivity index (χ3v) is 2.32. The van der Waals surface area contributed by atoms with E-state index in [0.29, 0.717) is 6.07 Å². The van der Waals surface area contributed by atoms with Crippen molar-refractivity contribution in [2.24, 2.45) is 0 Å². The molecule has 3 N–H and O–H groups in total. The molecule has 0 radical (unpaired) electrons. The molecule has 0 aliphatic rings. The largest absolute Gasteiger partial charge is 0.416 e. The lowest BCUT2D eigenvalue weighted by Crippen LogP contribution is -2.15. The second-order valence-corrected chi connectivity index (χ2v) is 3.67. The van der Waals surface area contributed by atoms with E-state index in [1.54, 1.807) is 0 Å². The Hall–Kier alpha value is -2.51. The molecule has 0 fully saturated rings. The molecule has 0 saturated carbocycles. The lowest BCUT2D eigenvalue weighted by molar-refractivity contribution is -0.137. The maximum Gasteiger partial charge on any atom is 0.416 e. The number of benzene rings is 1. The third kappa shape index (κ3) is 2.84. The van der Waals surface area contributed by atoms with Gasteiger partial charge in [-0.3, -0.25) is 4.79 Å². The van der Waals surface area contributed by atoms with Crippen LogP contribution >= 0.6 is 0 Å². The van der Waals surface area contributed by atoms with Gasteiger partial charge < -0.3 is 15.6 Å². The molecule has 0 spiro atoms. The van der Waals surface area contributed by atoms with Gasteiger partial charge in [0.2, 0.25) is 0 Å².